The lowest BCUT2D eigenvalue weighted by Crippen LogP contribution is -2.31. The maximum atomic E-state index is 11.8. The van der Waals surface area contributed by atoms with Crippen LogP contribution >= 0.6 is 0 Å². The van der Waals surface area contributed by atoms with Crippen molar-refractivity contribution in [2.45, 2.75) is 57.6 Å². The van der Waals surface area contributed by atoms with E-state index in [1.807, 2.05) is 27.7 Å². The highest BCUT2D eigenvalue weighted by molar-refractivity contribution is 5.85. The lowest BCUT2D eigenvalue weighted by molar-refractivity contribution is 0.0636. The fraction of sp³-hybridized carbons (Fsp3) is 0.562. The maximum absolute atomic E-state index is 11.8. The zero-order chi connectivity index (χ0) is 15.8. The summed E-state index contributed by atoms with van der Waals surface area (Å²) in [6.45, 7) is 7.37. The van der Waals surface area contributed by atoms with Crippen molar-refractivity contribution >= 4 is 11.8 Å². The van der Waals surface area contributed by atoms with Crippen molar-refractivity contribution in [3.63, 3.8) is 0 Å². The second kappa shape index (κ2) is 5.22. The molecule has 1 amide bonds. The predicted octanol–water partition coefficient (Wildman–Crippen LogP) is 3.12. The molecule has 0 spiro atoms. The summed E-state index contributed by atoms with van der Waals surface area (Å²) in [5.74, 6) is 0.222. The van der Waals surface area contributed by atoms with Crippen LogP contribution in [0.5, 0.6) is 5.75 Å². The third-order valence-corrected chi connectivity index (χ3v) is 3.84. The van der Waals surface area contributed by atoms with Crippen molar-refractivity contribution in [2.75, 3.05) is 5.32 Å². The number of carbonyl (C=O) groups is 1. The third-order valence-electron chi connectivity index (χ3n) is 3.84. The van der Waals surface area contributed by atoms with E-state index in [-0.39, 0.29) is 17.2 Å². The lowest BCUT2D eigenvalue weighted by Gasteiger charge is -2.23. The van der Waals surface area contributed by atoms with Crippen LogP contribution in [0.3, 0.4) is 0 Å². The summed E-state index contributed by atoms with van der Waals surface area (Å²) in [6, 6.07) is 4.99. The quantitative estimate of drug-likeness (QED) is 0.747. The number of rotatable bonds is 3. The highest BCUT2D eigenvalue weighted by Gasteiger charge is 2.49. The SMILES string of the molecule is CC(N)C1(c2cc(NC(=O)OC(C)(C)C)ccc2O)CC1. The molecule has 5 nitrogen and oxygen atoms in total. The van der Waals surface area contributed by atoms with Gasteiger partial charge in [-0.25, -0.2) is 4.79 Å². The van der Waals surface area contributed by atoms with Crippen molar-refractivity contribution < 1.29 is 14.6 Å². The molecule has 1 fully saturated rings. The van der Waals surface area contributed by atoms with Crippen molar-refractivity contribution in [1.29, 1.82) is 0 Å². The van der Waals surface area contributed by atoms with E-state index in [1.54, 1.807) is 18.2 Å². The largest absolute Gasteiger partial charge is 0.508 e. The average Bonchev–Trinajstić information content (AvgIpc) is 3.10. The van der Waals surface area contributed by atoms with Gasteiger partial charge in [0.1, 0.15) is 11.4 Å². The Labute approximate surface area is 125 Å². The molecule has 1 aromatic carbocycles. The van der Waals surface area contributed by atoms with Gasteiger partial charge in [-0.2, -0.15) is 0 Å². The van der Waals surface area contributed by atoms with E-state index in [0.29, 0.717) is 5.69 Å². The zero-order valence-corrected chi connectivity index (χ0v) is 13.1. The van der Waals surface area contributed by atoms with Crippen LogP contribution in [-0.4, -0.2) is 22.8 Å². The summed E-state index contributed by atoms with van der Waals surface area (Å²) in [5.41, 5.74) is 6.72. The molecule has 0 radical (unpaired) electrons. The summed E-state index contributed by atoms with van der Waals surface area (Å²) in [7, 11) is 0. The van der Waals surface area contributed by atoms with Crippen LogP contribution in [-0.2, 0) is 10.2 Å². The topological polar surface area (TPSA) is 84.6 Å². The van der Waals surface area contributed by atoms with Gasteiger partial charge < -0.3 is 15.6 Å². The Bertz CT molecular complexity index is 543. The Morgan fingerprint density at radius 3 is 2.52 bits per heavy atom. The van der Waals surface area contributed by atoms with Gasteiger partial charge in [-0.05, 0) is 58.7 Å². The standard InChI is InChI=1S/C16H24N2O3/c1-10(17)16(7-8-16)12-9-11(5-6-13(12)19)18-14(20)21-15(2,3)4/h5-6,9-10,19H,7-8,17H2,1-4H3,(H,18,20). The molecule has 5 heteroatoms. The number of phenols is 1. The molecule has 2 rings (SSSR count). The number of amides is 1. The molecule has 116 valence electrons. The van der Waals surface area contributed by atoms with Gasteiger partial charge in [0.25, 0.3) is 0 Å². The van der Waals surface area contributed by atoms with Crippen molar-refractivity contribution in [2.24, 2.45) is 5.73 Å². The molecule has 1 aliphatic rings. The van der Waals surface area contributed by atoms with Crippen LogP contribution < -0.4 is 11.1 Å². The smallest absolute Gasteiger partial charge is 0.412 e. The van der Waals surface area contributed by atoms with E-state index in [2.05, 4.69) is 5.32 Å². The normalized spacial score (nSPS) is 18.0. The lowest BCUT2D eigenvalue weighted by atomic mass is 9.88. The molecule has 0 heterocycles. The summed E-state index contributed by atoms with van der Waals surface area (Å²) in [5, 5.41) is 12.8. The van der Waals surface area contributed by atoms with E-state index in [4.69, 9.17) is 10.5 Å². The summed E-state index contributed by atoms with van der Waals surface area (Å²) in [4.78, 5) is 11.8. The van der Waals surface area contributed by atoms with Crippen molar-refractivity contribution in [3.05, 3.63) is 23.8 Å². The molecular formula is C16H24N2O3. The van der Waals surface area contributed by atoms with Gasteiger partial charge in [0, 0.05) is 22.7 Å². The minimum atomic E-state index is -0.548. The number of ether oxygens (including phenoxy) is 1. The van der Waals surface area contributed by atoms with Crippen LogP contribution in [0.25, 0.3) is 0 Å². The summed E-state index contributed by atoms with van der Waals surface area (Å²) >= 11 is 0. The van der Waals surface area contributed by atoms with Crippen LogP contribution in [0.15, 0.2) is 18.2 Å². The molecule has 0 aromatic heterocycles. The first-order valence-corrected chi connectivity index (χ1v) is 7.23. The van der Waals surface area contributed by atoms with Gasteiger partial charge in [-0.15, -0.1) is 0 Å². The molecule has 0 bridgehead atoms. The fourth-order valence-corrected chi connectivity index (χ4v) is 2.54. The molecule has 1 unspecified atom stereocenters. The minimum Gasteiger partial charge on any atom is -0.508 e. The number of aromatic hydroxyl groups is 1. The van der Waals surface area contributed by atoms with Crippen LogP contribution in [0.4, 0.5) is 10.5 Å². The van der Waals surface area contributed by atoms with E-state index in [1.165, 1.54) is 0 Å². The number of anilines is 1. The first-order chi connectivity index (χ1) is 9.64. The van der Waals surface area contributed by atoms with E-state index in [9.17, 15) is 9.90 Å². The number of nitrogens with two attached hydrogens (primary N) is 1. The summed E-state index contributed by atoms with van der Waals surface area (Å²) in [6.07, 6.45) is 1.40. The Hall–Kier alpha value is -1.75. The highest BCUT2D eigenvalue weighted by atomic mass is 16.6. The highest BCUT2D eigenvalue weighted by Crippen LogP contribution is 2.53. The van der Waals surface area contributed by atoms with Crippen LogP contribution in [0.2, 0.25) is 0 Å². The predicted molar refractivity (Wildman–Crippen MR) is 82.5 cm³/mol. The Kier molecular flexibility index (Phi) is 3.89. The molecule has 0 saturated heterocycles. The minimum absolute atomic E-state index is 0.0415. The number of hydrogen-bond donors (Lipinski definition) is 3. The van der Waals surface area contributed by atoms with Gasteiger partial charge in [-0.1, -0.05) is 0 Å². The average molecular weight is 292 g/mol. The summed E-state index contributed by atoms with van der Waals surface area (Å²) < 4.78 is 5.22. The molecule has 0 aliphatic heterocycles. The van der Waals surface area contributed by atoms with Gasteiger partial charge in [-0.3, -0.25) is 5.32 Å². The molecule has 1 saturated carbocycles. The van der Waals surface area contributed by atoms with E-state index < -0.39 is 11.7 Å². The number of carbonyl (C=O) groups excluding carboxylic acids is 1. The molecule has 1 atom stereocenters. The molecule has 4 N–H and O–H groups in total. The molecule has 1 aliphatic carbocycles. The number of nitrogens with one attached hydrogen (secondary N) is 1. The fourth-order valence-electron chi connectivity index (χ4n) is 2.54. The van der Waals surface area contributed by atoms with Gasteiger partial charge in [0.2, 0.25) is 0 Å². The second-order valence-corrected chi connectivity index (χ2v) is 6.80. The maximum Gasteiger partial charge on any atom is 0.412 e. The van der Waals surface area contributed by atoms with E-state index >= 15 is 0 Å². The van der Waals surface area contributed by atoms with Gasteiger partial charge >= 0.3 is 6.09 Å². The van der Waals surface area contributed by atoms with Crippen molar-refractivity contribution in [1.82, 2.24) is 0 Å². The Morgan fingerprint density at radius 1 is 1.43 bits per heavy atom. The Balaban J connectivity index is 2.18. The second-order valence-electron chi connectivity index (χ2n) is 6.80. The van der Waals surface area contributed by atoms with Crippen LogP contribution in [0.1, 0.15) is 46.1 Å². The zero-order valence-electron chi connectivity index (χ0n) is 13.1. The number of benzene rings is 1. The third kappa shape index (κ3) is 3.47. The number of hydrogen-bond acceptors (Lipinski definition) is 4. The first kappa shape index (κ1) is 15.6. The van der Waals surface area contributed by atoms with Crippen molar-refractivity contribution in [3.8, 4) is 5.75 Å². The monoisotopic (exact) mass is 292 g/mol. The van der Waals surface area contributed by atoms with Gasteiger partial charge in [0.15, 0.2) is 0 Å². The first-order valence-electron chi connectivity index (χ1n) is 7.23. The van der Waals surface area contributed by atoms with E-state index in [0.717, 1.165) is 18.4 Å². The Morgan fingerprint density at radius 2 is 2.05 bits per heavy atom. The van der Waals surface area contributed by atoms with Crippen LogP contribution in [0, 0.1) is 0 Å². The molecule has 21 heavy (non-hydrogen) atoms. The van der Waals surface area contributed by atoms with Gasteiger partial charge in [0.05, 0.1) is 0 Å². The molecular weight excluding hydrogens is 268 g/mol. The number of phenolic OH excluding ortho intramolecular Hbond substituents is 1. The molecule has 1 aromatic rings.